The summed E-state index contributed by atoms with van der Waals surface area (Å²) in [5.74, 6) is 1.10. The van der Waals surface area contributed by atoms with Crippen LogP contribution in [0.3, 0.4) is 0 Å². The van der Waals surface area contributed by atoms with Crippen molar-refractivity contribution in [3.63, 3.8) is 0 Å². The van der Waals surface area contributed by atoms with Gasteiger partial charge in [-0.25, -0.2) is 0 Å². The molecule has 4 nitrogen and oxygen atoms in total. The summed E-state index contributed by atoms with van der Waals surface area (Å²) in [5.41, 5.74) is 0.776. The van der Waals surface area contributed by atoms with E-state index in [4.69, 9.17) is 9.47 Å². The van der Waals surface area contributed by atoms with Gasteiger partial charge in [0, 0.05) is 38.6 Å². The van der Waals surface area contributed by atoms with Gasteiger partial charge in [0.15, 0.2) is 0 Å². The van der Waals surface area contributed by atoms with E-state index in [9.17, 15) is 13.2 Å². The first-order valence-electron chi connectivity index (χ1n) is 7.78. The van der Waals surface area contributed by atoms with Crippen molar-refractivity contribution in [1.82, 2.24) is 10.2 Å². The summed E-state index contributed by atoms with van der Waals surface area (Å²) in [6.07, 6.45) is -4.98. The molecule has 136 valence electrons. The zero-order valence-corrected chi connectivity index (χ0v) is 15.3. The van der Waals surface area contributed by atoms with Crippen LogP contribution in [0.4, 0.5) is 13.2 Å². The quantitative estimate of drug-likeness (QED) is 0.773. The van der Waals surface area contributed by atoms with Crippen LogP contribution in [0.1, 0.15) is 24.4 Å². The van der Waals surface area contributed by atoms with E-state index in [1.165, 1.54) is 14.2 Å². The lowest BCUT2D eigenvalue weighted by atomic mass is 9.98. The average Bonchev–Trinajstić information content (AvgIpc) is 2.56. The van der Waals surface area contributed by atoms with Gasteiger partial charge in [-0.15, -0.1) is 0 Å². The summed E-state index contributed by atoms with van der Waals surface area (Å²) < 4.78 is 49.6. The number of nitrogens with one attached hydrogen (secondary N) is 1. The number of halogens is 4. The third-order valence-electron chi connectivity index (χ3n) is 4.15. The molecule has 0 aromatic heterocycles. The average molecular weight is 411 g/mol. The number of nitrogens with zero attached hydrogens (tertiary/aromatic N) is 1. The van der Waals surface area contributed by atoms with Gasteiger partial charge >= 0.3 is 6.18 Å². The molecule has 0 spiro atoms. The van der Waals surface area contributed by atoms with E-state index in [-0.39, 0.29) is 12.5 Å². The van der Waals surface area contributed by atoms with Crippen molar-refractivity contribution < 1.29 is 22.6 Å². The zero-order valence-electron chi connectivity index (χ0n) is 13.8. The molecule has 24 heavy (non-hydrogen) atoms. The molecule has 0 bridgehead atoms. The molecule has 1 aliphatic heterocycles. The van der Waals surface area contributed by atoms with Crippen molar-refractivity contribution in [1.29, 1.82) is 0 Å². The van der Waals surface area contributed by atoms with E-state index in [1.54, 1.807) is 12.1 Å². The molecule has 0 saturated carbocycles. The van der Waals surface area contributed by atoms with Gasteiger partial charge in [0.05, 0.1) is 14.2 Å². The standard InChI is InChI=1S/C16H22BrF3N2O2/c1-23-13-9-11(10-14(24-2)15(13)17)12(3-4-16(18,19)20)22-7-5-21-6-8-22/h9-10,12,21H,3-8H2,1-2H3/t12-/m1/s1. The van der Waals surface area contributed by atoms with Crippen molar-refractivity contribution in [2.75, 3.05) is 40.4 Å². The SMILES string of the molecule is COc1cc([C@@H](CCC(F)(F)F)N2CCNCC2)cc(OC)c1Br. The Bertz CT molecular complexity index is 524. The van der Waals surface area contributed by atoms with Crippen LogP contribution in [0.25, 0.3) is 0 Å². The number of hydrogen-bond donors (Lipinski definition) is 1. The second kappa shape index (κ2) is 8.40. The fourth-order valence-electron chi connectivity index (χ4n) is 2.94. The van der Waals surface area contributed by atoms with Crippen LogP contribution in [0.15, 0.2) is 16.6 Å². The normalized spacial score (nSPS) is 17.6. The first-order valence-corrected chi connectivity index (χ1v) is 8.58. The largest absolute Gasteiger partial charge is 0.495 e. The molecule has 1 aromatic carbocycles. The van der Waals surface area contributed by atoms with Crippen molar-refractivity contribution in [2.45, 2.75) is 25.1 Å². The van der Waals surface area contributed by atoms with Crippen molar-refractivity contribution in [2.24, 2.45) is 0 Å². The maximum atomic E-state index is 12.8. The summed E-state index contributed by atoms with van der Waals surface area (Å²) in [6, 6.07) is 3.25. The summed E-state index contributed by atoms with van der Waals surface area (Å²) in [7, 11) is 3.05. The van der Waals surface area contributed by atoms with Gasteiger partial charge in [0.25, 0.3) is 0 Å². The molecule has 0 amide bonds. The smallest absolute Gasteiger partial charge is 0.389 e. The second-order valence-electron chi connectivity index (χ2n) is 5.70. The molecule has 1 heterocycles. The Balaban J connectivity index is 2.34. The Morgan fingerprint density at radius 1 is 1.17 bits per heavy atom. The first-order chi connectivity index (χ1) is 11.4. The highest BCUT2D eigenvalue weighted by Crippen LogP contribution is 2.40. The van der Waals surface area contributed by atoms with Crippen LogP contribution >= 0.6 is 15.9 Å². The van der Waals surface area contributed by atoms with Crippen LogP contribution in [0.5, 0.6) is 11.5 Å². The Kier molecular flexibility index (Phi) is 6.77. The van der Waals surface area contributed by atoms with E-state index in [1.807, 2.05) is 0 Å². The molecule has 1 fully saturated rings. The number of alkyl halides is 3. The predicted octanol–water partition coefficient (Wildman–Crippen LogP) is 3.76. The third kappa shape index (κ3) is 5.00. The van der Waals surface area contributed by atoms with E-state index in [0.29, 0.717) is 29.1 Å². The molecule has 2 rings (SSSR count). The Hall–Kier alpha value is -0.990. The highest BCUT2D eigenvalue weighted by molar-refractivity contribution is 9.10. The number of rotatable bonds is 6. The van der Waals surface area contributed by atoms with Crippen LogP contribution in [0, 0.1) is 0 Å². The van der Waals surface area contributed by atoms with E-state index in [0.717, 1.165) is 18.7 Å². The third-order valence-corrected chi connectivity index (χ3v) is 4.93. The minimum absolute atomic E-state index is 0.0114. The second-order valence-corrected chi connectivity index (χ2v) is 6.49. The Labute approximate surface area is 148 Å². The maximum absolute atomic E-state index is 12.8. The molecular weight excluding hydrogens is 389 g/mol. The van der Waals surface area contributed by atoms with Gasteiger partial charge in [0.2, 0.25) is 0 Å². The fourth-order valence-corrected chi connectivity index (χ4v) is 3.49. The molecule has 0 radical (unpaired) electrons. The summed E-state index contributed by atoms with van der Waals surface area (Å²) in [5, 5.41) is 3.23. The summed E-state index contributed by atoms with van der Waals surface area (Å²) >= 11 is 3.40. The van der Waals surface area contributed by atoms with Gasteiger partial charge in [-0.05, 0) is 40.0 Å². The Morgan fingerprint density at radius 3 is 2.17 bits per heavy atom. The van der Waals surface area contributed by atoms with Gasteiger partial charge in [-0.3, -0.25) is 4.90 Å². The van der Waals surface area contributed by atoms with E-state index < -0.39 is 12.6 Å². The van der Waals surface area contributed by atoms with Crippen LogP contribution in [0.2, 0.25) is 0 Å². The molecule has 1 atom stereocenters. The predicted molar refractivity (Wildman–Crippen MR) is 89.7 cm³/mol. The molecular formula is C16H22BrF3N2O2. The molecule has 1 aromatic rings. The number of ether oxygens (including phenoxy) is 2. The van der Waals surface area contributed by atoms with Crippen LogP contribution in [-0.2, 0) is 0 Å². The van der Waals surface area contributed by atoms with Crippen LogP contribution < -0.4 is 14.8 Å². The molecule has 0 unspecified atom stereocenters. The lowest BCUT2D eigenvalue weighted by molar-refractivity contribution is -0.138. The Morgan fingerprint density at radius 2 is 1.71 bits per heavy atom. The number of piperazine rings is 1. The van der Waals surface area contributed by atoms with Gasteiger partial charge in [-0.2, -0.15) is 13.2 Å². The summed E-state index contributed by atoms with van der Waals surface area (Å²) in [6.45, 7) is 2.97. The minimum atomic E-state index is -4.17. The minimum Gasteiger partial charge on any atom is -0.495 e. The highest BCUT2D eigenvalue weighted by Gasteiger charge is 2.32. The van der Waals surface area contributed by atoms with Crippen LogP contribution in [-0.4, -0.2) is 51.5 Å². The monoisotopic (exact) mass is 410 g/mol. The molecule has 1 aliphatic rings. The summed E-state index contributed by atoms with van der Waals surface area (Å²) in [4.78, 5) is 2.09. The topological polar surface area (TPSA) is 33.7 Å². The molecule has 1 N–H and O–H groups in total. The van der Waals surface area contributed by atoms with Crippen molar-refractivity contribution >= 4 is 15.9 Å². The number of hydrogen-bond acceptors (Lipinski definition) is 4. The zero-order chi connectivity index (χ0) is 17.7. The van der Waals surface area contributed by atoms with Gasteiger partial charge < -0.3 is 14.8 Å². The van der Waals surface area contributed by atoms with E-state index in [2.05, 4.69) is 26.1 Å². The van der Waals surface area contributed by atoms with Gasteiger partial charge in [-0.1, -0.05) is 0 Å². The van der Waals surface area contributed by atoms with E-state index >= 15 is 0 Å². The van der Waals surface area contributed by atoms with Gasteiger partial charge in [0.1, 0.15) is 16.0 Å². The first kappa shape index (κ1) is 19.3. The van der Waals surface area contributed by atoms with Crippen molar-refractivity contribution in [3.05, 3.63) is 22.2 Å². The molecule has 1 saturated heterocycles. The lowest BCUT2D eigenvalue weighted by Crippen LogP contribution is -2.45. The fraction of sp³-hybridized carbons (Fsp3) is 0.625. The molecule has 0 aliphatic carbocycles. The highest BCUT2D eigenvalue weighted by atomic mass is 79.9. The number of methoxy groups -OCH3 is 2. The number of benzene rings is 1. The maximum Gasteiger partial charge on any atom is 0.389 e. The molecule has 8 heteroatoms. The van der Waals surface area contributed by atoms with Crippen molar-refractivity contribution in [3.8, 4) is 11.5 Å². The lowest BCUT2D eigenvalue weighted by Gasteiger charge is -2.35.